The molecule has 0 bridgehead atoms. The van der Waals surface area contributed by atoms with Gasteiger partial charge in [-0.15, -0.1) is 0 Å². The molecule has 0 unspecified atom stereocenters. The van der Waals surface area contributed by atoms with Crippen LogP contribution in [0, 0.1) is 0 Å². The highest BCUT2D eigenvalue weighted by Gasteiger charge is 2.03. The average molecular weight is 141 g/mol. The van der Waals surface area contributed by atoms with Gasteiger partial charge in [0, 0.05) is 12.6 Å². The van der Waals surface area contributed by atoms with Gasteiger partial charge < -0.3 is 10.1 Å². The topological polar surface area (TPSA) is 21.3 Å². The maximum atomic E-state index is 5.07. The fraction of sp³-hybridized carbons (Fsp3) is 0.500. The van der Waals surface area contributed by atoms with E-state index < -0.39 is 0 Å². The second-order valence-electron chi connectivity index (χ2n) is 1.63. The molecule has 0 fully saturated rings. The van der Waals surface area contributed by atoms with Gasteiger partial charge in [-0.1, -0.05) is 20.8 Å². The summed E-state index contributed by atoms with van der Waals surface area (Å²) in [4.78, 5) is 0. The average Bonchev–Trinajstić information content (AvgIpc) is 2.40. The minimum atomic E-state index is 0.627. The monoisotopic (exact) mass is 141 g/mol. The summed E-state index contributed by atoms with van der Waals surface area (Å²) in [6.45, 7) is 9.60. The summed E-state index contributed by atoms with van der Waals surface area (Å²) < 4.78 is 5.07. The Labute approximate surface area is 62.6 Å². The molecule has 1 aliphatic rings. The van der Waals surface area contributed by atoms with Crippen LogP contribution < -0.4 is 5.32 Å². The third-order valence-corrected chi connectivity index (χ3v) is 0.997. The molecule has 0 radical (unpaired) electrons. The van der Waals surface area contributed by atoms with E-state index in [2.05, 4.69) is 11.9 Å². The van der Waals surface area contributed by atoms with E-state index >= 15 is 0 Å². The molecule has 0 aliphatic carbocycles. The quantitative estimate of drug-likeness (QED) is 0.605. The lowest BCUT2D eigenvalue weighted by Crippen LogP contribution is -1.94. The van der Waals surface area contributed by atoms with Gasteiger partial charge in [0.25, 0.3) is 0 Å². The number of hydrogen-bond donors (Lipinski definition) is 1. The van der Waals surface area contributed by atoms with Crippen LogP contribution in [0.2, 0.25) is 0 Å². The van der Waals surface area contributed by atoms with Crippen LogP contribution >= 0.6 is 0 Å². The molecule has 1 heterocycles. The van der Waals surface area contributed by atoms with Crippen molar-refractivity contribution >= 4 is 0 Å². The lowest BCUT2D eigenvalue weighted by atomic mass is 10.4. The first kappa shape index (κ1) is 9.08. The molecule has 0 aromatic carbocycles. The molecule has 2 heteroatoms. The second-order valence-corrected chi connectivity index (χ2v) is 1.63. The van der Waals surface area contributed by atoms with Crippen LogP contribution in [-0.2, 0) is 4.74 Å². The standard InChI is InChI=1S/C6H9NO.C2H6/c1-3-6-4-7-5(2)8-6;1-2/h4,7H,2-3H2,1H3;1-2H3. The molecule has 0 atom stereocenters. The lowest BCUT2D eigenvalue weighted by Gasteiger charge is -1.96. The van der Waals surface area contributed by atoms with E-state index in [-0.39, 0.29) is 0 Å². The van der Waals surface area contributed by atoms with Gasteiger partial charge in [-0.05, 0) is 6.58 Å². The normalized spacial score (nSPS) is 14.3. The summed E-state index contributed by atoms with van der Waals surface area (Å²) in [6, 6.07) is 0. The first-order valence-corrected chi connectivity index (χ1v) is 3.65. The molecule has 0 aromatic rings. The summed E-state index contributed by atoms with van der Waals surface area (Å²) in [6.07, 6.45) is 2.74. The van der Waals surface area contributed by atoms with Gasteiger partial charge in [0.2, 0.25) is 0 Å². The number of ether oxygens (including phenoxy) is 1. The van der Waals surface area contributed by atoms with E-state index in [1.54, 1.807) is 0 Å². The third-order valence-electron chi connectivity index (χ3n) is 0.997. The van der Waals surface area contributed by atoms with E-state index in [1.165, 1.54) is 0 Å². The molecular formula is C8H15NO. The van der Waals surface area contributed by atoms with Crippen molar-refractivity contribution in [2.45, 2.75) is 27.2 Å². The largest absolute Gasteiger partial charge is 0.445 e. The summed E-state index contributed by atoms with van der Waals surface area (Å²) >= 11 is 0. The van der Waals surface area contributed by atoms with E-state index in [4.69, 9.17) is 4.74 Å². The third kappa shape index (κ3) is 2.58. The number of rotatable bonds is 1. The van der Waals surface area contributed by atoms with Crippen LogP contribution in [0.4, 0.5) is 0 Å². The van der Waals surface area contributed by atoms with Crippen LogP contribution in [-0.4, -0.2) is 0 Å². The fourth-order valence-electron chi connectivity index (χ4n) is 0.552. The van der Waals surface area contributed by atoms with Crippen molar-refractivity contribution in [2.24, 2.45) is 0 Å². The molecule has 2 nitrogen and oxygen atoms in total. The van der Waals surface area contributed by atoms with Crippen molar-refractivity contribution in [3.05, 3.63) is 24.4 Å². The summed E-state index contributed by atoms with van der Waals surface area (Å²) in [5.41, 5.74) is 0. The van der Waals surface area contributed by atoms with Gasteiger partial charge >= 0.3 is 0 Å². The molecular weight excluding hydrogens is 126 g/mol. The molecule has 0 spiro atoms. The van der Waals surface area contributed by atoms with Crippen molar-refractivity contribution in [3.8, 4) is 0 Å². The molecule has 10 heavy (non-hydrogen) atoms. The summed E-state index contributed by atoms with van der Waals surface area (Å²) in [5, 5.41) is 2.84. The van der Waals surface area contributed by atoms with E-state index in [0.29, 0.717) is 5.88 Å². The Morgan fingerprint density at radius 2 is 2.20 bits per heavy atom. The van der Waals surface area contributed by atoms with Gasteiger partial charge in [-0.2, -0.15) is 0 Å². The smallest absolute Gasteiger partial charge is 0.189 e. The van der Waals surface area contributed by atoms with Crippen LogP contribution in [0.3, 0.4) is 0 Å². The van der Waals surface area contributed by atoms with E-state index in [1.807, 2.05) is 27.0 Å². The Bertz CT molecular complexity index is 138. The van der Waals surface area contributed by atoms with Crippen molar-refractivity contribution < 1.29 is 4.74 Å². The van der Waals surface area contributed by atoms with Gasteiger partial charge in [0.1, 0.15) is 5.76 Å². The van der Waals surface area contributed by atoms with Gasteiger partial charge in [-0.3, -0.25) is 0 Å². The van der Waals surface area contributed by atoms with Gasteiger partial charge in [-0.25, -0.2) is 0 Å². The highest BCUT2D eigenvalue weighted by Crippen LogP contribution is 2.11. The highest BCUT2D eigenvalue weighted by molar-refractivity contribution is 5.06. The van der Waals surface area contributed by atoms with Crippen LogP contribution in [0.15, 0.2) is 24.4 Å². The van der Waals surface area contributed by atoms with Gasteiger partial charge in [0.15, 0.2) is 5.88 Å². The van der Waals surface area contributed by atoms with Crippen molar-refractivity contribution in [1.82, 2.24) is 5.32 Å². The molecule has 1 aliphatic heterocycles. The molecule has 0 saturated heterocycles. The number of allylic oxidation sites excluding steroid dienone is 1. The van der Waals surface area contributed by atoms with Gasteiger partial charge in [0.05, 0.1) is 0 Å². The Balaban J connectivity index is 0.000000371. The maximum absolute atomic E-state index is 5.07. The second kappa shape index (κ2) is 4.91. The predicted octanol–water partition coefficient (Wildman–Crippen LogP) is 2.36. The SMILES string of the molecule is C=C1NC=C(CC)O1.CC. The van der Waals surface area contributed by atoms with Crippen molar-refractivity contribution in [1.29, 1.82) is 0 Å². The van der Waals surface area contributed by atoms with E-state index in [0.717, 1.165) is 12.2 Å². The minimum absolute atomic E-state index is 0.627. The van der Waals surface area contributed by atoms with Crippen molar-refractivity contribution in [3.63, 3.8) is 0 Å². The number of hydrogen-bond acceptors (Lipinski definition) is 2. The van der Waals surface area contributed by atoms with Crippen LogP contribution in [0.25, 0.3) is 0 Å². The molecule has 58 valence electrons. The minimum Gasteiger partial charge on any atom is -0.445 e. The zero-order chi connectivity index (χ0) is 7.98. The molecule has 1 rings (SSSR count). The Kier molecular flexibility index (Phi) is 4.46. The maximum Gasteiger partial charge on any atom is 0.189 e. The Morgan fingerprint density at radius 3 is 2.40 bits per heavy atom. The predicted molar refractivity (Wildman–Crippen MR) is 43.1 cm³/mol. The zero-order valence-electron chi connectivity index (χ0n) is 6.90. The highest BCUT2D eigenvalue weighted by atomic mass is 16.5. The van der Waals surface area contributed by atoms with E-state index in [9.17, 15) is 0 Å². The Hall–Kier alpha value is -0.920. The number of nitrogens with one attached hydrogen (secondary N) is 1. The Morgan fingerprint density at radius 1 is 1.60 bits per heavy atom. The first-order chi connectivity index (χ1) is 4.83. The lowest BCUT2D eigenvalue weighted by molar-refractivity contribution is 0.307. The molecule has 0 saturated carbocycles. The summed E-state index contributed by atoms with van der Waals surface area (Å²) in [5.74, 6) is 1.58. The molecule has 0 aromatic heterocycles. The molecule has 1 N–H and O–H groups in total. The summed E-state index contributed by atoms with van der Waals surface area (Å²) in [7, 11) is 0. The zero-order valence-corrected chi connectivity index (χ0v) is 6.90. The fourth-order valence-corrected chi connectivity index (χ4v) is 0.552. The molecule has 0 amide bonds. The first-order valence-electron chi connectivity index (χ1n) is 3.65. The van der Waals surface area contributed by atoms with Crippen LogP contribution in [0.5, 0.6) is 0 Å². The van der Waals surface area contributed by atoms with Crippen LogP contribution in [0.1, 0.15) is 27.2 Å². The van der Waals surface area contributed by atoms with Crippen molar-refractivity contribution in [2.75, 3.05) is 0 Å².